The molecule has 27 heavy (non-hydrogen) atoms. The lowest BCUT2D eigenvalue weighted by atomic mass is 10.0. The number of benzene rings is 2. The van der Waals surface area contributed by atoms with Gasteiger partial charge in [0.25, 0.3) is 0 Å². The number of aliphatic imine (C=N–C) groups is 1. The van der Waals surface area contributed by atoms with Gasteiger partial charge in [-0.3, -0.25) is 4.99 Å². The van der Waals surface area contributed by atoms with Crippen LogP contribution in [0, 0.1) is 5.92 Å². The highest BCUT2D eigenvalue weighted by atomic mass is 16.5. The summed E-state index contributed by atoms with van der Waals surface area (Å²) in [6, 6.07) is 19.1. The zero-order valence-electron chi connectivity index (χ0n) is 15.9. The van der Waals surface area contributed by atoms with Crippen LogP contribution in [0.2, 0.25) is 0 Å². The van der Waals surface area contributed by atoms with Crippen LogP contribution in [-0.2, 0) is 4.74 Å². The van der Waals surface area contributed by atoms with Gasteiger partial charge >= 0.3 is 0 Å². The van der Waals surface area contributed by atoms with Gasteiger partial charge in [-0.05, 0) is 35.6 Å². The zero-order valence-corrected chi connectivity index (χ0v) is 15.9. The minimum atomic E-state index is -0.0106. The number of anilines is 1. The summed E-state index contributed by atoms with van der Waals surface area (Å²) in [5.41, 5.74) is 3.45. The Balaban J connectivity index is 1.44. The van der Waals surface area contributed by atoms with Crippen molar-refractivity contribution in [2.45, 2.75) is 38.2 Å². The van der Waals surface area contributed by atoms with E-state index in [1.165, 1.54) is 43.2 Å². The summed E-state index contributed by atoms with van der Waals surface area (Å²) in [5.74, 6) is 1.71. The fourth-order valence-electron chi connectivity index (χ4n) is 4.02. The number of guanidine groups is 1. The van der Waals surface area contributed by atoms with Crippen molar-refractivity contribution in [2.24, 2.45) is 10.9 Å². The molecule has 2 aromatic carbocycles. The molecule has 1 fully saturated rings. The number of hydrogen-bond acceptors (Lipinski definition) is 4. The van der Waals surface area contributed by atoms with Crippen LogP contribution in [0.5, 0.6) is 0 Å². The monoisotopic (exact) mass is 363 g/mol. The molecule has 1 heterocycles. The van der Waals surface area contributed by atoms with Gasteiger partial charge < -0.3 is 15.4 Å². The Morgan fingerprint density at radius 1 is 1.00 bits per heavy atom. The summed E-state index contributed by atoms with van der Waals surface area (Å²) in [6.07, 6.45) is 6.69. The Labute approximate surface area is 162 Å². The van der Waals surface area contributed by atoms with E-state index in [4.69, 9.17) is 4.74 Å². The van der Waals surface area contributed by atoms with E-state index in [-0.39, 0.29) is 6.10 Å². The van der Waals surface area contributed by atoms with Crippen molar-refractivity contribution in [3.8, 4) is 0 Å². The fourth-order valence-corrected chi connectivity index (χ4v) is 4.02. The Hall–Kier alpha value is -2.33. The molecule has 142 valence electrons. The van der Waals surface area contributed by atoms with Gasteiger partial charge in [0.2, 0.25) is 0 Å². The van der Waals surface area contributed by atoms with Crippen LogP contribution in [-0.4, -0.2) is 25.7 Å². The lowest BCUT2D eigenvalue weighted by molar-refractivity contribution is 0.0699. The zero-order chi connectivity index (χ0) is 18.3. The molecule has 0 saturated heterocycles. The predicted molar refractivity (Wildman–Crippen MR) is 111 cm³/mol. The first kappa shape index (κ1) is 18.1. The van der Waals surface area contributed by atoms with E-state index < -0.39 is 0 Å². The van der Waals surface area contributed by atoms with Crippen molar-refractivity contribution >= 4 is 11.6 Å². The lowest BCUT2D eigenvalue weighted by Crippen LogP contribution is -2.26. The third kappa shape index (κ3) is 4.89. The highest BCUT2D eigenvalue weighted by Gasteiger charge is 2.18. The Kier molecular flexibility index (Phi) is 6.05. The van der Waals surface area contributed by atoms with Gasteiger partial charge in [0.15, 0.2) is 5.96 Å². The molecule has 1 aliphatic carbocycles. The summed E-state index contributed by atoms with van der Waals surface area (Å²) in [6.45, 7) is 2.57. The summed E-state index contributed by atoms with van der Waals surface area (Å²) in [4.78, 5) is 4.38. The van der Waals surface area contributed by atoms with E-state index in [2.05, 4.69) is 70.2 Å². The molecule has 4 rings (SSSR count). The topological polar surface area (TPSA) is 45.6 Å². The summed E-state index contributed by atoms with van der Waals surface area (Å²) in [5, 5.41) is 6.56. The highest BCUT2D eigenvalue weighted by molar-refractivity contribution is 5.94. The molecule has 1 saturated carbocycles. The summed E-state index contributed by atoms with van der Waals surface area (Å²) >= 11 is 0. The van der Waals surface area contributed by atoms with Gasteiger partial charge in [-0.2, -0.15) is 0 Å². The van der Waals surface area contributed by atoms with Crippen LogP contribution in [0.25, 0.3) is 0 Å². The van der Waals surface area contributed by atoms with Crippen molar-refractivity contribution < 1.29 is 4.74 Å². The van der Waals surface area contributed by atoms with Gasteiger partial charge in [0, 0.05) is 18.8 Å². The molecule has 0 spiro atoms. The molecule has 2 aliphatic rings. The molecule has 2 aromatic rings. The first-order valence-corrected chi connectivity index (χ1v) is 10.2. The molecule has 4 nitrogen and oxygen atoms in total. The van der Waals surface area contributed by atoms with E-state index in [1.54, 1.807) is 0 Å². The minimum Gasteiger partial charge on any atom is -0.369 e. The van der Waals surface area contributed by atoms with Gasteiger partial charge in [-0.25, -0.2) is 0 Å². The molecule has 1 atom stereocenters. The molecule has 0 amide bonds. The summed E-state index contributed by atoms with van der Waals surface area (Å²) < 4.78 is 6.39. The van der Waals surface area contributed by atoms with Gasteiger partial charge in [-0.15, -0.1) is 0 Å². The third-order valence-electron chi connectivity index (χ3n) is 5.54. The van der Waals surface area contributed by atoms with E-state index in [0.717, 1.165) is 37.3 Å². The molecule has 1 unspecified atom stereocenters. The molecule has 1 aliphatic heterocycles. The lowest BCUT2D eigenvalue weighted by Gasteiger charge is -2.20. The third-order valence-corrected chi connectivity index (χ3v) is 5.54. The number of ether oxygens (including phenoxy) is 1. The minimum absolute atomic E-state index is 0.0106. The average Bonchev–Trinajstić information content (AvgIpc) is 3.41. The van der Waals surface area contributed by atoms with Crippen molar-refractivity contribution in [2.75, 3.05) is 25.0 Å². The molecule has 0 bridgehead atoms. The molecule has 0 aromatic heterocycles. The smallest absolute Gasteiger partial charge is 0.195 e. The van der Waals surface area contributed by atoms with Gasteiger partial charge in [0.1, 0.15) is 6.10 Å². The highest BCUT2D eigenvalue weighted by Crippen LogP contribution is 2.30. The maximum Gasteiger partial charge on any atom is 0.195 e. The van der Waals surface area contributed by atoms with E-state index >= 15 is 0 Å². The first-order chi connectivity index (χ1) is 13.4. The van der Waals surface area contributed by atoms with Crippen LogP contribution in [0.15, 0.2) is 59.6 Å². The fraction of sp³-hybridized carbons (Fsp3) is 0.435. The molecular weight excluding hydrogens is 334 g/mol. The second-order valence-corrected chi connectivity index (χ2v) is 7.50. The van der Waals surface area contributed by atoms with E-state index in [0.29, 0.717) is 0 Å². The second-order valence-electron chi connectivity index (χ2n) is 7.50. The van der Waals surface area contributed by atoms with E-state index in [1.807, 2.05) is 0 Å². The van der Waals surface area contributed by atoms with Crippen LogP contribution < -0.4 is 10.6 Å². The van der Waals surface area contributed by atoms with Crippen molar-refractivity contribution in [3.05, 3.63) is 65.7 Å². The maximum atomic E-state index is 6.39. The van der Waals surface area contributed by atoms with Crippen LogP contribution in [0.4, 0.5) is 5.69 Å². The standard InChI is InChI=1S/C23H29N3O/c1-2-8-19(9-3-1)22(27-17-14-18-6-4-5-7-18)20-10-12-21(13-11-20)26-23-24-15-16-25-23/h1-3,8-13,18,22H,4-7,14-17H2,(H2,24,25,26). The maximum absolute atomic E-state index is 6.39. The van der Waals surface area contributed by atoms with Crippen LogP contribution in [0.1, 0.15) is 49.3 Å². The predicted octanol–water partition coefficient (Wildman–Crippen LogP) is 4.74. The number of rotatable bonds is 7. The Morgan fingerprint density at radius 2 is 1.74 bits per heavy atom. The Morgan fingerprint density at radius 3 is 2.44 bits per heavy atom. The molecule has 0 radical (unpaired) electrons. The normalized spacial score (nSPS) is 18.1. The van der Waals surface area contributed by atoms with Gasteiger partial charge in [-0.1, -0.05) is 68.1 Å². The Bertz CT molecular complexity index is 736. The van der Waals surface area contributed by atoms with Crippen molar-refractivity contribution in [1.29, 1.82) is 0 Å². The second kappa shape index (κ2) is 9.05. The number of nitrogens with zero attached hydrogens (tertiary/aromatic N) is 1. The first-order valence-electron chi connectivity index (χ1n) is 10.2. The molecule has 2 N–H and O–H groups in total. The quantitative estimate of drug-likeness (QED) is 0.746. The SMILES string of the molecule is c1ccc(C(OCCC2CCCC2)c2ccc(NC3=NCCN3)cc2)cc1. The van der Waals surface area contributed by atoms with Crippen LogP contribution in [0.3, 0.4) is 0 Å². The molecular formula is C23H29N3O. The van der Waals surface area contributed by atoms with Gasteiger partial charge in [0.05, 0.1) is 6.54 Å². The summed E-state index contributed by atoms with van der Waals surface area (Å²) in [7, 11) is 0. The number of hydrogen-bond donors (Lipinski definition) is 2. The number of nitrogens with one attached hydrogen (secondary N) is 2. The van der Waals surface area contributed by atoms with E-state index in [9.17, 15) is 0 Å². The van der Waals surface area contributed by atoms with Crippen molar-refractivity contribution in [1.82, 2.24) is 5.32 Å². The average molecular weight is 364 g/mol. The molecule has 4 heteroatoms. The largest absolute Gasteiger partial charge is 0.369 e. The van der Waals surface area contributed by atoms with Crippen molar-refractivity contribution in [3.63, 3.8) is 0 Å². The van der Waals surface area contributed by atoms with Crippen LogP contribution >= 0.6 is 0 Å².